The molecule has 0 amide bonds. The Kier molecular flexibility index (Phi) is 4.02. The van der Waals surface area contributed by atoms with Gasteiger partial charge in [0.2, 0.25) is 5.95 Å². The van der Waals surface area contributed by atoms with E-state index >= 15 is 0 Å². The van der Waals surface area contributed by atoms with Crippen molar-refractivity contribution in [2.24, 2.45) is 0 Å². The molecule has 10 nitrogen and oxygen atoms in total. The van der Waals surface area contributed by atoms with E-state index in [1.807, 2.05) is 35.7 Å². The van der Waals surface area contributed by atoms with Crippen LogP contribution in [0.1, 0.15) is 17.2 Å². The molecule has 1 aliphatic heterocycles. The monoisotopic (exact) mass is 409 g/mol. The minimum Gasteiger partial charge on any atom is -0.493 e. The van der Waals surface area contributed by atoms with E-state index in [2.05, 4.69) is 31.0 Å². The lowest BCUT2D eigenvalue weighted by Crippen LogP contribution is -2.29. The van der Waals surface area contributed by atoms with Crippen molar-refractivity contribution in [1.29, 1.82) is 0 Å². The molecule has 1 aliphatic rings. The van der Waals surface area contributed by atoms with Gasteiger partial charge in [-0.3, -0.25) is 4.79 Å². The standard InChI is InChI=1S/C18H15N7O3S/c1-27-10-6-5-9(8-11(10)28-2)16-13-14(12-4-3-7-29-12)20-21-17(26)15(13)19-18-22-23-24-25(16)18/h3-8,16H,1-2H3,(H,21,26)(H,19,22,24). The largest absolute Gasteiger partial charge is 0.493 e. The van der Waals surface area contributed by atoms with Crippen molar-refractivity contribution in [2.45, 2.75) is 6.04 Å². The molecule has 0 aliphatic carbocycles. The highest BCUT2D eigenvalue weighted by molar-refractivity contribution is 7.13. The molecular weight excluding hydrogens is 394 g/mol. The van der Waals surface area contributed by atoms with E-state index in [1.165, 1.54) is 11.3 Å². The quantitative estimate of drug-likeness (QED) is 0.464. The Morgan fingerprint density at radius 1 is 1.17 bits per heavy atom. The van der Waals surface area contributed by atoms with Gasteiger partial charge in [0.1, 0.15) is 17.4 Å². The number of methoxy groups -OCH3 is 2. The van der Waals surface area contributed by atoms with Gasteiger partial charge < -0.3 is 14.8 Å². The number of benzene rings is 1. The molecule has 1 aromatic carbocycles. The van der Waals surface area contributed by atoms with Crippen LogP contribution in [0.15, 0.2) is 40.5 Å². The van der Waals surface area contributed by atoms with Gasteiger partial charge >= 0.3 is 0 Å². The van der Waals surface area contributed by atoms with Crippen LogP contribution in [0.3, 0.4) is 0 Å². The van der Waals surface area contributed by atoms with Gasteiger partial charge in [0.25, 0.3) is 5.56 Å². The smallest absolute Gasteiger partial charge is 0.288 e. The Morgan fingerprint density at radius 2 is 2.03 bits per heavy atom. The molecule has 1 atom stereocenters. The van der Waals surface area contributed by atoms with Gasteiger partial charge in [-0.2, -0.15) is 9.78 Å². The lowest BCUT2D eigenvalue weighted by Gasteiger charge is -2.27. The van der Waals surface area contributed by atoms with Gasteiger partial charge in [-0.1, -0.05) is 17.2 Å². The number of aromatic amines is 1. The maximum Gasteiger partial charge on any atom is 0.288 e. The molecule has 146 valence electrons. The second-order valence-corrected chi connectivity index (χ2v) is 7.20. The molecule has 4 heterocycles. The van der Waals surface area contributed by atoms with Crippen LogP contribution >= 0.6 is 11.3 Å². The fraction of sp³-hybridized carbons (Fsp3) is 0.167. The summed E-state index contributed by atoms with van der Waals surface area (Å²) in [6.45, 7) is 0. The SMILES string of the molecule is COc1ccc(C2c3c(-c4cccs4)n[nH]c(=O)c3Nc3nnnn32)cc1OC. The number of nitrogens with one attached hydrogen (secondary N) is 2. The average molecular weight is 409 g/mol. The first-order chi connectivity index (χ1) is 14.2. The van der Waals surface area contributed by atoms with E-state index in [4.69, 9.17) is 9.47 Å². The number of nitrogens with zero attached hydrogens (tertiary/aromatic N) is 5. The molecule has 11 heteroatoms. The Hall–Kier alpha value is -3.73. The van der Waals surface area contributed by atoms with Crippen molar-refractivity contribution in [2.75, 3.05) is 19.5 Å². The number of H-pyrrole nitrogens is 1. The Labute approximate surface area is 168 Å². The zero-order valence-corrected chi connectivity index (χ0v) is 16.2. The van der Waals surface area contributed by atoms with Gasteiger partial charge in [0.15, 0.2) is 11.5 Å². The average Bonchev–Trinajstić information content (AvgIpc) is 3.44. The Bertz CT molecular complexity index is 1250. The molecule has 29 heavy (non-hydrogen) atoms. The number of aromatic nitrogens is 6. The molecule has 0 saturated heterocycles. The first-order valence-electron chi connectivity index (χ1n) is 8.64. The normalized spacial score (nSPS) is 14.6. The minimum atomic E-state index is -0.483. The second kappa shape index (κ2) is 6.71. The summed E-state index contributed by atoms with van der Waals surface area (Å²) in [6, 6.07) is 8.96. The highest BCUT2D eigenvalue weighted by Gasteiger charge is 2.35. The predicted molar refractivity (Wildman–Crippen MR) is 106 cm³/mol. The van der Waals surface area contributed by atoms with Crippen LogP contribution in [0.25, 0.3) is 10.6 Å². The van der Waals surface area contributed by atoms with E-state index in [9.17, 15) is 4.79 Å². The van der Waals surface area contributed by atoms with E-state index in [1.54, 1.807) is 18.9 Å². The summed E-state index contributed by atoms with van der Waals surface area (Å²) in [6.07, 6.45) is 0. The third-order valence-corrected chi connectivity index (χ3v) is 5.62. The number of thiophene rings is 1. The van der Waals surface area contributed by atoms with E-state index < -0.39 is 6.04 Å². The van der Waals surface area contributed by atoms with Crippen molar-refractivity contribution < 1.29 is 9.47 Å². The lowest BCUT2D eigenvalue weighted by molar-refractivity contribution is 0.354. The summed E-state index contributed by atoms with van der Waals surface area (Å²) in [5, 5.41) is 23.8. The fourth-order valence-corrected chi connectivity index (χ4v) is 4.20. The van der Waals surface area contributed by atoms with Crippen LogP contribution < -0.4 is 20.3 Å². The number of ether oxygens (including phenoxy) is 2. The van der Waals surface area contributed by atoms with Gasteiger partial charge in [0.05, 0.1) is 19.1 Å². The topological polar surface area (TPSA) is 120 Å². The van der Waals surface area contributed by atoms with Crippen LogP contribution in [0, 0.1) is 0 Å². The molecule has 1 unspecified atom stereocenters. The maximum atomic E-state index is 12.6. The van der Waals surface area contributed by atoms with Crippen LogP contribution in [-0.4, -0.2) is 44.6 Å². The first kappa shape index (κ1) is 17.4. The Morgan fingerprint density at radius 3 is 2.79 bits per heavy atom. The van der Waals surface area contributed by atoms with Gasteiger partial charge in [-0.05, 0) is 39.6 Å². The molecule has 0 bridgehead atoms. The molecule has 4 aromatic rings. The second-order valence-electron chi connectivity index (χ2n) is 6.26. The summed E-state index contributed by atoms with van der Waals surface area (Å²) in [7, 11) is 3.15. The van der Waals surface area contributed by atoms with Crippen molar-refractivity contribution in [1.82, 2.24) is 30.4 Å². The molecule has 0 radical (unpaired) electrons. The molecule has 5 rings (SSSR count). The fourth-order valence-electron chi connectivity index (χ4n) is 3.47. The van der Waals surface area contributed by atoms with Gasteiger partial charge in [0, 0.05) is 5.56 Å². The molecule has 3 aromatic heterocycles. The summed E-state index contributed by atoms with van der Waals surface area (Å²) >= 11 is 1.53. The highest BCUT2D eigenvalue weighted by atomic mass is 32.1. The highest BCUT2D eigenvalue weighted by Crippen LogP contribution is 2.43. The summed E-state index contributed by atoms with van der Waals surface area (Å²) in [5.41, 5.74) is 2.18. The first-order valence-corrected chi connectivity index (χ1v) is 9.52. The number of anilines is 2. The number of hydrogen-bond acceptors (Lipinski definition) is 9. The van der Waals surface area contributed by atoms with Crippen molar-refractivity contribution in [3.05, 3.63) is 57.2 Å². The molecule has 2 N–H and O–H groups in total. The zero-order chi connectivity index (χ0) is 20.0. The van der Waals surface area contributed by atoms with Crippen molar-refractivity contribution in [3.63, 3.8) is 0 Å². The van der Waals surface area contributed by atoms with Crippen molar-refractivity contribution in [3.8, 4) is 22.1 Å². The van der Waals surface area contributed by atoms with E-state index in [-0.39, 0.29) is 5.56 Å². The van der Waals surface area contributed by atoms with Gasteiger partial charge in [-0.25, -0.2) is 5.10 Å². The third-order valence-electron chi connectivity index (χ3n) is 4.75. The van der Waals surface area contributed by atoms with E-state index in [0.29, 0.717) is 34.4 Å². The predicted octanol–water partition coefficient (Wildman–Crippen LogP) is 2.20. The number of tetrazole rings is 1. The molecule has 0 fully saturated rings. The van der Waals surface area contributed by atoms with Crippen LogP contribution in [0.2, 0.25) is 0 Å². The maximum absolute atomic E-state index is 12.6. The summed E-state index contributed by atoms with van der Waals surface area (Å²) in [4.78, 5) is 13.5. The minimum absolute atomic E-state index is 0.347. The molecule has 0 spiro atoms. The van der Waals surface area contributed by atoms with Crippen LogP contribution in [0.4, 0.5) is 11.6 Å². The van der Waals surface area contributed by atoms with E-state index in [0.717, 1.165) is 10.4 Å². The number of hydrogen-bond donors (Lipinski definition) is 2. The lowest BCUT2D eigenvalue weighted by atomic mass is 9.94. The molecule has 0 saturated carbocycles. The van der Waals surface area contributed by atoms with Gasteiger partial charge in [-0.15, -0.1) is 11.3 Å². The molecular formula is C18H15N7O3S. The summed E-state index contributed by atoms with van der Waals surface area (Å²) < 4.78 is 12.4. The van der Waals surface area contributed by atoms with Crippen molar-refractivity contribution >= 4 is 23.0 Å². The van der Waals surface area contributed by atoms with Crippen LogP contribution in [0.5, 0.6) is 11.5 Å². The third kappa shape index (κ3) is 2.66. The number of fused-ring (bicyclic) bond motifs is 2. The number of rotatable bonds is 4. The zero-order valence-electron chi connectivity index (χ0n) is 15.4. The summed E-state index contributed by atoms with van der Waals surface area (Å²) in [5.74, 6) is 1.53. The van der Waals surface area contributed by atoms with Crippen LogP contribution in [-0.2, 0) is 0 Å². The Balaban J connectivity index is 1.80.